The summed E-state index contributed by atoms with van der Waals surface area (Å²) in [6, 6.07) is 10.5. The fourth-order valence-corrected chi connectivity index (χ4v) is 3.96. The van der Waals surface area contributed by atoms with Crippen molar-refractivity contribution in [2.24, 2.45) is 0 Å². The molecule has 0 aromatic heterocycles. The van der Waals surface area contributed by atoms with Crippen molar-refractivity contribution in [3.05, 3.63) is 65.8 Å². The van der Waals surface area contributed by atoms with E-state index in [1.165, 1.54) is 22.3 Å². The number of aromatic nitrogens is 1. The zero-order valence-corrected chi connectivity index (χ0v) is 16.2. The van der Waals surface area contributed by atoms with E-state index in [-0.39, 0.29) is 6.04 Å². The van der Waals surface area contributed by atoms with Crippen LogP contribution in [-0.2, 0) is 0 Å². The molecule has 140 valence electrons. The molecule has 0 spiro atoms. The third kappa shape index (κ3) is 3.37. The van der Waals surface area contributed by atoms with E-state index in [1.54, 1.807) is 19.6 Å². The number of rotatable bonds is 6. The largest absolute Gasteiger partial charge is 0.497 e. The van der Waals surface area contributed by atoms with E-state index >= 15 is 0 Å². The molecule has 1 unspecified atom stereocenters. The van der Waals surface area contributed by atoms with Crippen molar-refractivity contribution in [2.45, 2.75) is 38.6 Å². The first-order valence-electron chi connectivity index (χ1n) is 9.63. The summed E-state index contributed by atoms with van der Waals surface area (Å²) >= 11 is 0. The molecule has 0 bridgehead atoms. The van der Waals surface area contributed by atoms with E-state index in [9.17, 15) is 0 Å². The minimum absolute atomic E-state index is 0.229. The molecule has 0 saturated carbocycles. The number of fused-ring (bicyclic) bond motifs is 3. The number of hydrogen-bond acceptors (Lipinski definition) is 4. The van der Waals surface area contributed by atoms with Gasteiger partial charge in [-0.2, -0.15) is 0 Å². The molecule has 1 aliphatic carbocycles. The second-order valence-corrected chi connectivity index (χ2v) is 7.18. The number of benzene rings is 1. The lowest BCUT2D eigenvalue weighted by Crippen LogP contribution is -2.22. The van der Waals surface area contributed by atoms with Gasteiger partial charge in [0.25, 0.3) is 0 Å². The van der Waals surface area contributed by atoms with Crippen LogP contribution in [0.5, 0.6) is 5.75 Å². The molecule has 0 amide bonds. The minimum Gasteiger partial charge on any atom is -0.497 e. The molecule has 1 N–H and O–H groups in total. The monoisotopic (exact) mass is 362 g/mol. The summed E-state index contributed by atoms with van der Waals surface area (Å²) in [5, 5.41) is 3.65. The van der Waals surface area contributed by atoms with E-state index in [4.69, 9.17) is 14.1 Å². The lowest BCUT2D eigenvalue weighted by molar-refractivity contribution is 0.413. The van der Waals surface area contributed by atoms with Gasteiger partial charge >= 0.3 is 0 Å². The van der Waals surface area contributed by atoms with E-state index in [0.717, 1.165) is 36.5 Å². The molecular weight excluding hydrogens is 336 g/mol. The summed E-state index contributed by atoms with van der Waals surface area (Å²) in [5.74, 6) is 1.42. The number of nitrogens with zero attached hydrogens (tertiary/aromatic N) is 1. The van der Waals surface area contributed by atoms with E-state index in [2.05, 4.69) is 43.4 Å². The first-order chi connectivity index (χ1) is 13.2. The Hall–Kier alpha value is -2.59. The molecule has 2 atom stereocenters. The van der Waals surface area contributed by atoms with Crippen LogP contribution in [-0.4, -0.2) is 18.6 Å². The molecule has 4 heteroatoms. The predicted octanol–water partition coefficient (Wildman–Crippen LogP) is 5.42. The number of allylic oxidation sites excluding steroid dienone is 1. The van der Waals surface area contributed by atoms with E-state index < -0.39 is 0 Å². The van der Waals surface area contributed by atoms with Gasteiger partial charge in [0.1, 0.15) is 17.7 Å². The van der Waals surface area contributed by atoms with Gasteiger partial charge in [-0.05, 0) is 60.6 Å². The maximum absolute atomic E-state index is 5.35. The maximum Gasteiger partial charge on any atom is 0.119 e. The zero-order valence-electron chi connectivity index (χ0n) is 16.2. The van der Waals surface area contributed by atoms with Gasteiger partial charge in [0.15, 0.2) is 0 Å². The van der Waals surface area contributed by atoms with Gasteiger partial charge in [-0.25, -0.2) is 4.98 Å². The fraction of sp³-hybridized carbons (Fsp3) is 0.348. The van der Waals surface area contributed by atoms with Crippen LogP contribution in [0.4, 0.5) is 0 Å². The quantitative estimate of drug-likeness (QED) is 0.636. The molecule has 1 aromatic carbocycles. The van der Waals surface area contributed by atoms with Crippen molar-refractivity contribution in [1.82, 2.24) is 10.3 Å². The van der Waals surface area contributed by atoms with Crippen LogP contribution in [0.25, 0.3) is 16.8 Å². The molecule has 3 aliphatic rings. The van der Waals surface area contributed by atoms with Crippen molar-refractivity contribution >= 4 is 5.57 Å². The molecule has 2 heterocycles. The van der Waals surface area contributed by atoms with Gasteiger partial charge in [0.2, 0.25) is 0 Å². The molecular formula is C23H26N2O2. The molecule has 1 aromatic rings. The second-order valence-electron chi connectivity index (χ2n) is 7.18. The topological polar surface area (TPSA) is 47.3 Å². The highest BCUT2D eigenvalue weighted by atomic mass is 16.5. The Morgan fingerprint density at radius 3 is 3.04 bits per heavy atom. The molecule has 27 heavy (non-hydrogen) atoms. The molecule has 4 nitrogen and oxygen atoms in total. The molecule has 4 rings (SSSR count). The normalized spacial score (nSPS) is 17.4. The summed E-state index contributed by atoms with van der Waals surface area (Å²) in [6.45, 7) is 5.23. The average molecular weight is 362 g/mol. The lowest BCUT2D eigenvalue weighted by atomic mass is 9.83. The van der Waals surface area contributed by atoms with Gasteiger partial charge in [-0.15, -0.1) is 0 Å². The summed E-state index contributed by atoms with van der Waals surface area (Å²) in [5.41, 5.74) is 7.20. The van der Waals surface area contributed by atoms with Crippen molar-refractivity contribution < 1.29 is 9.15 Å². The first-order valence-corrected chi connectivity index (χ1v) is 9.63. The lowest BCUT2D eigenvalue weighted by Gasteiger charge is -2.23. The van der Waals surface area contributed by atoms with Crippen LogP contribution in [0.2, 0.25) is 0 Å². The highest BCUT2D eigenvalue weighted by Crippen LogP contribution is 2.43. The predicted molar refractivity (Wildman–Crippen MR) is 108 cm³/mol. The number of ether oxygens (including phenoxy) is 1. The maximum atomic E-state index is 5.35. The SMILES string of the molecule is CC[C@@H]1CC=C(CNC(C)c2cccc(OC)c2)c2nc3coccc-3c21. The van der Waals surface area contributed by atoms with Gasteiger partial charge in [0, 0.05) is 18.2 Å². The average Bonchev–Trinajstić information content (AvgIpc) is 3.12. The molecule has 0 fully saturated rings. The van der Waals surface area contributed by atoms with E-state index in [0.29, 0.717) is 5.92 Å². The summed E-state index contributed by atoms with van der Waals surface area (Å²) < 4.78 is 10.7. The van der Waals surface area contributed by atoms with Crippen LogP contribution in [0.15, 0.2) is 53.4 Å². The molecule has 2 aliphatic heterocycles. The van der Waals surface area contributed by atoms with Crippen molar-refractivity contribution in [1.29, 1.82) is 0 Å². The summed E-state index contributed by atoms with van der Waals surface area (Å²) in [6.07, 6.45) is 8.05. The van der Waals surface area contributed by atoms with Crippen molar-refractivity contribution in [3.63, 3.8) is 0 Å². The number of methoxy groups -OCH3 is 1. The second kappa shape index (κ2) is 7.57. The van der Waals surface area contributed by atoms with Gasteiger partial charge in [-0.1, -0.05) is 25.1 Å². The Labute approximate surface area is 160 Å². The minimum atomic E-state index is 0.229. The Bertz CT molecular complexity index is 928. The summed E-state index contributed by atoms with van der Waals surface area (Å²) in [7, 11) is 1.70. The van der Waals surface area contributed by atoms with Gasteiger partial charge in [-0.3, -0.25) is 0 Å². The Morgan fingerprint density at radius 1 is 1.33 bits per heavy atom. The Kier molecular flexibility index (Phi) is 4.99. The van der Waals surface area contributed by atoms with Crippen LogP contribution in [0.1, 0.15) is 55.5 Å². The number of nitrogens with one attached hydrogen (secondary N) is 1. The first kappa shape index (κ1) is 17.8. The van der Waals surface area contributed by atoms with Crippen molar-refractivity contribution in [3.8, 4) is 17.0 Å². The molecule has 0 saturated heterocycles. The third-order valence-corrected chi connectivity index (χ3v) is 5.59. The fourth-order valence-electron chi connectivity index (χ4n) is 3.96. The van der Waals surface area contributed by atoms with Crippen LogP contribution >= 0.6 is 0 Å². The Morgan fingerprint density at radius 2 is 2.22 bits per heavy atom. The third-order valence-electron chi connectivity index (χ3n) is 5.59. The smallest absolute Gasteiger partial charge is 0.119 e. The molecule has 0 radical (unpaired) electrons. The summed E-state index contributed by atoms with van der Waals surface area (Å²) in [4.78, 5) is 4.89. The van der Waals surface area contributed by atoms with Gasteiger partial charge < -0.3 is 14.5 Å². The van der Waals surface area contributed by atoms with E-state index in [1.807, 2.05) is 12.1 Å². The van der Waals surface area contributed by atoms with Crippen LogP contribution in [0.3, 0.4) is 0 Å². The van der Waals surface area contributed by atoms with Crippen LogP contribution < -0.4 is 10.1 Å². The van der Waals surface area contributed by atoms with Gasteiger partial charge in [0.05, 0.1) is 19.1 Å². The standard InChI is InChI=1S/C23H26N2O2/c1-4-16-8-9-18(23-22(16)20-10-11-27-14-21(20)25-23)13-24-15(2)17-6-5-7-19(12-17)26-3/h5-7,9-12,14-16,24H,4,8,13H2,1-3H3/t15?,16-/m1/s1. The highest BCUT2D eigenvalue weighted by Gasteiger charge is 2.28. The number of hydrogen-bond donors (Lipinski definition) is 1. The Balaban J connectivity index is 1.57. The zero-order chi connectivity index (χ0) is 18.8. The van der Waals surface area contributed by atoms with Crippen molar-refractivity contribution in [2.75, 3.05) is 13.7 Å². The van der Waals surface area contributed by atoms with Crippen LogP contribution in [0, 0.1) is 0 Å². The highest BCUT2D eigenvalue weighted by molar-refractivity contribution is 5.80.